The maximum absolute atomic E-state index is 13.0. The van der Waals surface area contributed by atoms with Crippen LogP contribution in [0.1, 0.15) is 43.7 Å². The van der Waals surface area contributed by atoms with Crippen molar-refractivity contribution in [1.29, 1.82) is 0 Å². The molecule has 0 aliphatic carbocycles. The van der Waals surface area contributed by atoms with E-state index in [1.54, 1.807) is 36.1 Å². The second-order valence-electron chi connectivity index (χ2n) is 9.04. The van der Waals surface area contributed by atoms with Gasteiger partial charge in [-0.1, -0.05) is 24.4 Å². The van der Waals surface area contributed by atoms with Crippen LogP contribution in [0.15, 0.2) is 41.3 Å². The van der Waals surface area contributed by atoms with E-state index in [9.17, 15) is 24.5 Å². The lowest BCUT2D eigenvalue weighted by molar-refractivity contribution is -0.384. The molecule has 12 heteroatoms. The van der Waals surface area contributed by atoms with E-state index in [1.165, 1.54) is 18.2 Å². The molecular weight excluding hydrogens is 546 g/mol. The van der Waals surface area contributed by atoms with Gasteiger partial charge in [0.25, 0.3) is 16.8 Å². The van der Waals surface area contributed by atoms with Gasteiger partial charge in [0.15, 0.2) is 11.5 Å². The summed E-state index contributed by atoms with van der Waals surface area (Å²) in [4.78, 5) is 51.6. The molecule has 2 saturated heterocycles. The Labute approximate surface area is 235 Å². The van der Waals surface area contributed by atoms with E-state index in [2.05, 4.69) is 0 Å². The molecule has 0 radical (unpaired) electrons. The largest absolute Gasteiger partial charge is 0.490 e. The van der Waals surface area contributed by atoms with E-state index >= 15 is 0 Å². The number of hydrogen-bond acceptors (Lipinski definition) is 8. The summed E-state index contributed by atoms with van der Waals surface area (Å²) in [5, 5.41) is 10.6. The SMILES string of the molecule is CCOc1cc(C=C2SC(=O)N(CC(=O)N3CCCCCC3)C2=O)cc(Cl)c1OCc1ccc([N+](=O)[O-])cc1. The van der Waals surface area contributed by atoms with Gasteiger partial charge in [0.05, 0.1) is 21.5 Å². The molecule has 39 heavy (non-hydrogen) atoms. The number of hydrogen-bond donors (Lipinski definition) is 0. The van der Waals surface area contributed by atoms with Gasteiger partial charge in [-0.05, 0) is 73.0 Å². The van der Waals surface area contributed by atoms with E-state index in [-0.39, 0.29) is 40.4 Å². The predicted octanol–water partition coefficient (Wildman–Crippen LogP) is 5.66. The van der Waals surface area contributed by atoms with Crippen LogP contribution >= 0.6 is 23.4 Å². The molecule has 10 nitrogen and oxygen atoms in total. The van der Waals surface area contributed by atoms with E-state index in [4.69, 9.17) is 21.1 Å². The van der Waals surface area contributed by atoms with Crippen molar-refractivity contribution in [3.63, 3.8) is 0 Å². The molecule has 2 aromatic rings. The number of nitro benzene ring substituents is 1. The molecule has 0 atom stereocenters. The zero-order chi connectivity index (χ0) is 27.9. The van der Waals surface area contributed by atoms with Gasteiger partial charge in [-0.25, -0.2) is 0 Å². The average Bonchev–Trinajstić information content (AvgIpc) is 3.09. The quantitative estimate of drug-likeness (QED) is 0.214. The standard InChI is InChI=1S/C27H28ClN3O7S/c1-2-37-22-14-19(13-21(28)25(22)38-17-18-7-9-20(10-8-18)31(35)36)15-23-26(33)30(27(34)39-23)16-24(32)29-11-5-3-4-6-12-29/h7-10,13-15H,2-6,11-12,16-17H2,1H3. The molecule has 2 heterocycles. The summed E-state index contributed by atoms with van der Waals surface area (Å²) >= 11 is 7.28. The topological polar surface area (TPSA) is 119 Å². The Hall–Kier alpha value is -3.57. The molecule has 0 bridgehead atoms. The van der Waals surface area contributed by atoms with Crippen LogP contribution in [0.25, 0.3) is 6.08 Å². The molecule has 0 saturated carbocycles. The minimum absolute atomic E-state index is 0.0214. The van der Waals surface area contributed by atoms with Crippen LogP contribution in [-0.4, -0.2) is 58.0 Å². The number of imide groups is 1. The van der Waals surface area contributed by atoms with E-state index in [0.29, 0.717) is 36.6 Å². The molecule has 0 unspecified atom stereocenters. The van der Waals surface area contributed by atoms with Crippen molar-refractivity contribution in [2.75, 3.05) is 26.2 Å². The first-order valence-electron chi connectivity index (χ1n) is 12.6. The van der Waals surface area contributed by atoms with Crippen molar-refractivity contribution in [3.8, 4) is 11.5 Å². The Morgan fingerprint density at radius 2 is 1.79 bits per heavy atom. The maximum Gasteiger partial charge on any atom is 0.294 e. The number of nitro groups is 1. The number of non-ortho nitro benzene ring substituents is 1. The third kappa shape index (κ3) is 7.10. The van der Waals surface area contributed by atoms with Crippen LogP contribution < -0.4 is 9.47 Å². The van der Waals surface area contributed by atoms with Crippen LogP contribution in [-0.2, 0) is 16.2 Å². The summed E-state index contributed by atoms with van der Waals surface area (Å²) in [5.41, 5.74) is 1.20. The normalized spacial score (nSPS) is 16.9. The van der Waals surface area contributed by atoms with E-state index in [0.717, 1.165) is 42.3 Å². The number of likely N-dealkylation sites (tertiary alicyclic amines) is 1. The lowest BCUT2D eigenvalue weighted by atomic mass is 10.1. The van der Waals surface area contributed by atoms with Gasteiger partial charge in [-0.15, -0.1) is 0 Å². The van der Waals surface area contributed by atoms with Crippen LogP contribution in [0.3, 0.4) is 0 Å². The van der Waals surface area contributed by atoms with Gasteiger partial charge in [-0.2, -0.15) is 0 Å². The van der Waals surface area contributed by atoms with Crippen molar-refractivity contribution in [3.05, 3.63) is 67.6 Å². The molecule has 0 N–H and O–H groups in total. The Kier molecular flexibility index (Phi) is 9.47. The second kappa shape index (κ2) is 13.0. The third-order valence-electron chi connectivity index (χ3n) is 6.29. The fourth-order valence-electron chi connectivity index (χ4n) is 4.29. The molecule has 4 rings (SSSR count). The van der Waals surface area contributed by atoms with Gasteiger partial charge in [0, 0.05) is 25.2 Å². The van der Waals surface area contributed by atoms with Gasteiger partial charge in [-0.3, -0.25) is 29.4 Å². The van der Waals surface area contributed by atoms with E-state index < -0.39 is 16.1 Å². The number of rotatable bonds is 9. The molecule has 206 valence electrons. The highest BCUT2D eigenvalue weighted by molar-refractivity contribution is 8.18. The zero-order valence-corrected chi connectivity index (χ0v) is 23.0. The van der Waals surface area contributed by atoms with Gasteiger partial charge >= 0.3 is 0 Å². The fourth-order valence-corrected chi connectivity index (χ4v) is 5.40. The Morgan fingerprint density at radius 3 is 2.44 bits per heavy atom. The Bertz CT molecular complexity index is 1290. The lowest BCUT2D eigenvalue weighted by Crippen LogP contribution is -2.42. The van der Waals surface area contributed by atoms with Crippen molar-refractivity contribution >= 4 is 52.2 Å². The van der Waals surface area contributed by atoms with Crippen molar-refractivity contribution < 1.29 is 28.8 Å². The molecule has 3 amide bonds. The van der Waals surface area contributed by atoms with Crippen LogP contribution in [0.4, 0.5) is 10.5 Å². The highest BCUT2D eigenvalue weighted by Crippen LogP contribution is 2.39. The van der Waals surface area contributed by atoms with E-state index in [1.807, 2.05) is 0 Å². The summed E-state index contributed by atoms with van der Waals surface area (Å²) in [6.07, 6.45) is 5.52. The summed E-state index contributed by atoms with van der Waals surface area (Å²) in [5.74, 6) is -0.128. The second-order valence-corrected chi connectivity index (χ2v) is 10.4. The first-order chi connectivity index (χ1) is 18.8. The monoisotopic (exact) mass is 573 g/mol. The van der Waals surface area contributed by atoms with Crippen molar-refractivity contribution in [1.82, 2.24) is 9.80 Å². The molecule has 2 aromatic carbocycles. The number of carbonyl (C=O) groups is 3. The number of halogens is 1. The smallest absolute Gasteiger partial charge is 0.294 e. The van der Waals surface area contributed by atoms with Crippen LogP contribution in [0.5, 0.6) is 11.5 Å². The van der Waals surface area contributed by atoms with Crippen molar-refractivity contribution in [2.45, 2.75) is 39.2 Å². The molecule has 0 aromatic heterocycles. The highest BCUT2D eigenvalue weighted by atomic mass is 35.5. The lowest BCUT2D eigenvalue weighted by Gasteiger charge is -2.22. The number of nitrogens with zero attached hydrogens (tertiary/aromatic N) is 3. The first kappa shape index (κ1) is 28.4. The Balaban J connectivity index is 1.48. The first-order valence-corrected chi connectivity index (χ1v) is 13.8. The number of ether oxygens (including phenoxy) is 2. The number of benzene rings is 2. The third-order valence-corrected chi connectivity index (χ3v) is 7.47. The molecule has 2 aliphatic heterocycles. The fraction of sp³-hybridized carbons (Fsp3) is 0.370. The molecule has 2 aliphatic rings. The zero-order valence-electron chi connectivity index (χ0n) is 21.4. The highest BCUT2D eigenvalue weighted by Gasteiger charge is 2.37. The summed E-state index contributed by atoms with van der Waals surface area (Å²) < 4.78 is 11.6. The van der Waals surface area contributed by atoms with Gasteiger partial charge in [0.1, 0.15) is 13.2 Å². The summed E-state index contributed by atoms with van der Waals surface area (Å²) in [7, 11) is 0. The van der Waals surface area contributed by atoms with Crippen LogP contribution in [0, 0.1) is 10.1 Å². The minimum atomic E-state index is -0.527. The maximum atomic E-state index is 13.0. The molecular formula is C27H28ClN3O7S. The number of amides is 3. The summed E-state index contributed by atoms with van der Waals surface area (Å²) in [6, 6.07) is 9.20. The Morgan fingerprint density at radius 1 is 1.10 bits per heavy atom. The minimum Gasteiger partial charge on any atom is -0.490 e. The number of carbonyl (C=O) groups excluding carboxylic acids is 3. The van der Waals surface area contributed by atoms with Gasteiger partial charge < -0.3 is 14.4 Å². The predicted molar refractivity (Wildman–Crippen MR) is 148 cm³/mol. The molecule has 2 fully saturated rings. The van der Waals surface area contributed by atoms with Crippen LogP contribution in [0.2, 0.25) is 5.02 Å². The number of thioether (sulfide) groups is 1. The average molecular weight is 574 g/mol. The summed E-state index contributed by atoms with van der Waals surface area (Å²) in [6.45, 7) is 3.23. The van der Waals surface area contributed by atoms with Crippen molar-refractivity contribution in [2.24, 2.45) is 0 Å². The van der Waals surface area contributed by atoms with Gasteiger partial charge in [0.2, 0.25) is 5.91 Å². The molecule has 0 spiro atoms.